The Morgan fingerprint density at radius 3 is 0.473 bits per heavy atom. The Kier molecular flexibility index (Phi) is 47.3. The zero-order chi connectivity index (χ0) is 92.3. The van der Waals surface area contributed by atoms with Crippen LogP contribution in [0.4, 0.5) is 0 Å². The molecule has 20 heteroatoms. The Hall–Kier alpha value is -9.09. The molecule has 0 N–H and O–H groups in total. The number of hydrogen-bond donors (Lipinski definition) is 0. The minimum atomic E-state index is -1.89. The molecule has 129 heavy (non-hydrogen) atoms. The molecule has 0 amide bonds. The average molecular weight is 1830 g/mol. The van der Waals surface area contributed by atoms with Crippen molar-refractivity contribution >= 4 is 56.2 Å². The van der Waals surface area contributed by atoms with Gasteiger partial charge in [-0.2, -0.15) is 0 Å². The SMILES string of the molecule is COc1ccc(OC(=O)c2ccc(OCCCCCCCCCCC[Si](C)(C)C([Si](C)(C)CCCCCCCCCCCOc3ccc(C(=O)Oc4ccc(OC)cc4)cc3)([Si](C)(C)CCCCCCCCCCCOc3ccc(C(=O)Oc4ccc(OC)cc4)cc3)[Si](C)(C)CCCCCCCCCCCOc3ccc(C(=O)Oc4ccc(OC)cc4)cc3)cc2)cc1. The molecule has 0 aliphatic rings. The van der Waals surface area contributed by atoms with Gasteiger partial charge in [0.25, 0.3) is 0 Å². The minimum Gasteiger partial charge on any atom is -0.497 e. The molecule has 0 unspecified atom stereocenters. The molecule has 8 rings (SSSR count). The zero-order valence-corrected chi connectivity index (χ0v) is 84.6. The predicted octanol–water partition coefficient (Wildman–Crippen LogP) is 30.4. The highest BCUT2D eigenvalue weighted by molar-refractivity contribution is 7.30. The zero-order valence-electron chi connectivity index (χ0n) is 80.6. The lowest BCUT2D eigenvalue weighted by Crippen LogP contribution is -2.77. The van der Waals surface area contributed by atoms with Crippen molar-refractivity contribution < 1.29 is 76.0 Å². The van der Waals surface area contributed by atoms with Crippen molar-refractivity contribution in [2.24, 2.45) is 0 Å². The summed E-state index contributed by atoms with van der Waals surface area (Å²) >= 11 is 0. The number of benzene rings is 8. The maximum absolute atomic E-state index is 12.8. The summed E-state index contributed by atoms with van der Waals surface area (Å²) in [4.78, 5) is 51.3. The van der Waals surface area contributed by atoms with E-state index in [4.69, 9.17) is 56.8 Å². The van der Waals surface area contributed by atoms with Gasteiger partial charge >= 0.3 is 23.9 Å². The van der Waals surface area contributed by atoms with Crippen molar-refractivity contribution in [1.29, 1.82) is 0 Å². The van der Waals surface area contributed by atoms with E-state index >= 15 is 0 Å². The van der Waals surface area contributed by atoms with Crippen LogP contribution in [-0.4, -0.2) is 111 Å². The summed E-state index contributed by atoms with van der Waals surface area (Å²) in [5.41, 5.74) is 1.93. The number of carbonyl (C=O) groups excluding carboxylic acids is 4. The van der Waals surface area contributed by atoms with Crippen LogP contribution in [0.3, 0.4) is 0 Å². The Bertz CT molecular complexity index is 3850. The highest BCUT2D eigenvalue weighted by atomic mass is 28.5. The second kappa shape index (κ2) is 57.9. The van der Waals surface area contributed by atoms with Gasteiger partial charge in [-0.25, -0.2) is 19.2 Å². The van der Waals surface area contributed by atoms with Crippen LogP contribution in [0, 0.1) is 0 Å². The smallest absolute Gasteiger partial charge is 0.343 e. The predicted molar refractivity (Wildman–Crippen MR) is 538 cm³/mol. The second-order valence-electron chi connectivity index (χ2n) is 37.8. The van der Waals surface area contributed by atoms with Gasteiger partial charge in [-0.05, 0) is 224 Å². The van der Waals surface area contributed by atoms with Crippen LogP contribution in [0.25, 0.3) is 0 Å². The molecule has 0 bridgehead atoms. The number of unbranched alkanes of at least 4 members (excludes halogenated alkanes) is 32. The Morgan fingerprint density at radius 1 is 0.186 bits per heavy atom. The third kappa shape index (κ3) is 36.5. The highest BCUT2D eigenvalue weighted by Crippen LogP contribution is 2.65. The molecule has 0 heterocycles. The first-order valence-corrected chi connectivity index (χ1v) is 61.7. The molecule has 0 atom stereocenters. The van der Waals surface area contributed by atoms with E-state index in [1.54, 1.807) is 174 Å². The molecular formula is C109H156O16Si4. The van der Waals surface area contributed by atoms with E-state index in [2.05, 4.69) is 52.4 Å². The minimum absolute atomic E-state index is 0.403. The van der Waals surface area contributed by atoms with E-state index in [9.17, 15) is 19.2 Å². The maximum atomic E-state index is 12.8. The molecule has 0 fully saturated rings. The van der Waals surface area contributed by atoms with E-state index in [1.807, 2.05) is 48.5 Å². The molecule has 0 aliphatic heterocycles. The van der Waals surface area contributed by atoms with Gasteiger partial charge in [0.15, 0.2) is 0 Å². The van der Waals surface area contributed by atoms with Crippen LogP contribution in [0.5, 0.6) is 69.0 Å². The highest BCUT2D eigenvalue weighted by Gasteiger charge is 2.69. The Morgan fingerprint density at radius 2 is 0.318 bits per heavy atom. The fraction of sp³-hybridized carbons (Fsp3) is 0.523. The Balaban J connectivity index is 0.818. The summed E-state index contributed by atoms with van der Waals surface area (Å²) in [5, 5.41) is 0. The summed E-state index contributed by atoms with van der Waals surface area (Å²) in [6.07, 6.45) is 45.5. The number of ether oxygens (including phenoxy) is 12. The number of methoxy groups -OCH3 is 4. The molecule has 0 aliphatic carbocycles. The summed E-state index contributed by atoms with van der Waals surface area (Å²) in [5.74, 6) is 6.19. The molecule has 0 spiro atoms. The van der Waals surface area contributed by atoms with Crippen LogP contribution < -0.4 is 56.8 Å². The number of carbonyl (C=O) groups is 4. The topological polar surface area (TPSA) is 179 Å². The van der Waals surface area contributed by atoms with Crippen LogP contribution >= 0.6 is 0 Å². The maximum Gasteiger partial charge on any atom is 0.343 e. The fourth-order valence-electron chi connectivity index (χ4n) is 20.6. The van der Waals surface area contributed by atoms with Gasteiger partial charge < -0.3 is 56.8 Å². The van der Waals surface area contributed by atoms with E-state index in [-0.39, 0.29) is 0 Å². The van der Waals surface area contributed by atoms with Crippen molar-refractivity contribution in [3.8, 4) is 69.0 Å². The van der Waals surface area contributed by atoms with E-state index < -0.39 is 56.2 Å². The van der Waals surface area contributed by atoms with Crippen molar-refractivity contribution in [2.75, 3.05) is 54.9 Å². The average Bonchev–Trinajstić information content (AvgIpc) is 0.685. The standard InChI is InChI=1S/C109H156O16Si4/c1-114-93-65-73-101(74-66-93)122-105(110)89-49-57-97(58-50-89)118-81-41-33-25-17-13-21-29-37-45-85-126(5,6)109(127(7,8)86-46-38-30-22-14-18-26-34-42-82-119-98-59-51-90(52-60-98)106(111)123-102-75-67-94(115-2)68-76-102,128(9,10)87-47-39-31-23-15-19-27-35-43-83-120-99-61-53-91(54-62-99)107(112)124-103-77-69-95(116-3)70-78-103)129(11,12)88-48-40-32-24-16-20-28-36-44-84-121-100-63-55-92(56-64-100)108(113)125-104-79-71-96(117-4)72-80-104/h49-80H,13-48,81-88H2,1-12H3. The monoisotopic (exact) mass is 1830 g/mol. The molecule has 8 aromatic carbocycles. The van der Waals surface area contributed by atoms with Gasteiger partial charge in [-0.1, -0.05) is 282 Å². The normalized spacial score (nSPS) is 11.8. The molecule has 8 aromatic rings. The van der Waals surface area contributed by atoms with Crippen molar-refractivity contribution in [3.05, 3.63) is 216 Å². The van der Waals surface area contributed by atoms with Crippen LogP contribution in [0.15, 0.2) is 194 Å². The lowest BCUT2D eigenvalue weighted by atomic mass is 10.1. The van der Waals surface area contributed by atoms with Gasteiger partial charge in [-0.15, -0.1) is 0 Å². The third-order valence-electron chi connectivity index (χ3n) is 26.4. The molecule has 16 nitrogen and oxygen atoms in total. The van der Waals surface area contributed by atoms with Gasteiger partial charge in [0.2, 0.25) is 0 Å². The second-order valence-corrected chi connectivity index (χ2v) is 60.8. The van der Waals surface area contributed by atoms with Crippen molar-refractivity contribution in [2.45, 2.75) is 312 Å². The van der Waals surface area contributed by atoms with E-state index in [1.165, 1.54) is 204 Å². The number of rotatable bonds is 68. The molecule has 0 saturated carbocycles. The van der Waals surface area contributed by atoms with Crippen molar-refractivity contribution in [1.82, 2.24) is 0 Å². The number of hydrogen-bond acceptors (Lipinski definition) is 16. The number of esters is 4. The van der Waals surface area contributed by atoms with Crippen LogP contribution in [0.2, 0.25) is 80.5 Å². The van der Waals surface area contributed by atoms with Crippen LogP contribution in [-0.2, 0) is 0 Å². The fourth-order valence-corrected chi connectivity index (χ4v) is 75.1. The first-order chi connectivity index (χ1) is 62.5. The van der Waals surface area contributed by atoms with Crippen molar-refractivity contribution in [3.63, 3.8) is 0 Å². The quantitative estimate of drug-likeness (QED) is 0.0152. The Labute approximate surface area is 779 Å². The molecule has 0 radical (unpaired) electrons. The summed E-state index contributed by atoms with van der Waals surface area (Å²) < 4.78 is 68.2. The molecular weight excluding hydrogens is 1680 g/mol. The molecule has 704 valence electrons. The van der Waals surface area contributed by atoms with Crippen LogP contribution in [0.1, 0.15) is 273 Å². The summed E-state index contributed by atoms with van der Waals surface area (Å²) in [7, 11) is -1.13. The van der Waals surface area contributed by atoms with Gasteiger partial charge in [0.1, 0.15) is 69.0 Å². The van der Waals surface area contributed by atoms with Gasteiger partial charge in [0.05, 0.1) is 77.1 Å². The lowest BCUT2D eigenvalue weighted by Gasteiger charge is -2.69. The van der Waals surface area contributed by atoms with E-state index in [0.717, 1.165) is 74.4 Å². The lowest BCUT2D eigenvalue weighted by molar-refractivity contribution is 0.0725. The van der Waals surface area contributed by atoms with E-state index in [0.29, 0.717) is 98.6 Å². The summed E-state index contributed by atoms with van der Waals surface area (Å²) in [6, 6.07) is 62.9. The summed E-state index contributed by atoms with van der Waals surface area (Å²) in [6.45, 7) is 26.5. The van der Waals surface area contributed by atoms with Gasteiger partial charge in [-0.3, -0.25) is 0 Å². The molecule has 0 saturated heterocycles. The first-order valence-electron chi connectivity index (χ1n) is 48.9. The third-order valence-corrected chi connectivity index (χ3v) is 65.3. The largest absolute Gasteiger partial charge is 0.497 e. The first kappa shape index (κ1) is 105. The van der Waals surface area contributed by atoms with Gasteiger partial charge in [0, 0.05) is 32.3 Å². The molecule has 0 aromatic heterocycles.